The van der Waals surface area contributed by atoms with Gasteiger partial charge in [0.1, 0.15) is 5.75 Å². The Hall–Kier alpha value is -3.93. The van der Waals surface area contributed by atoms with E-state index in [4.69, 9.17) is 0 Å². The molecule has 0 heterocycles. The minimum absolute atomic E-state index is 0.0707. The van der Waals surface area contributed by atoms with Crippen molar-refractivity contribution in [2.45, 2.75) is 6.92 Å². The zero-order chi connectivity index (χ0) is 19.9. The molecule has 0 bridgehead atoms. The first-order valence-electron chi connectivity index (χ1n) is 8.62. The van der Waals surface area contributed by atoms with Crippen molar-refractivity contribution < 1.29 is 14.7 Å². The molecule has 0 saturated heterocycles. The number of carbonyl (C=O) groups excluding carboxylic acids is 2. The first-order valence-corrected chi connectivity index (χ1v) is 8.62. The fourth-order valence-corrected chi connectivity index (χ4v) is 2.47. The second kappa shape index (κ2) is 8.64. The maximum absolute atomic E-state index is 12.3. The molecular weight excluding hydrogens is 354 g/mol. The normalized spacial score (nSPS) is 10.6. The molecule has 28 heavy (non-hydrogen) atoms. The number of hydrogen-bond acceptors (Lipinski definition) is 4. The Balaban J connectivity index is 1.65. The molecular formula is C22H19N3O3. The van der Waals surface area contributed by atoms with E-state index < -0.39 is 5.91 Å². The largest absolute Gasteiger partial charge is 0.507 e. The molecule has 2 amide bonds. The van der Waals surface area contributed by atoms with Crippen LogP contribution in [0.3, 0.4) is 0 Å². The summed E-state index contributed by atoms with van der Waals surface area (Å²) in [6, 6.07) is 20.4. The van der Waals surface area contributed by atoms with Crippen LogP contribution in [-0.4, -0.2) is 23.1 Å². The average Bonchev–Trinajstić information content (AvgIpc) is 2.70. The fourth-order valence-electron chi connectivity index (χ4n) is 2.47. The molecule has 6 heteroatoms. The van der Waals surface area contributed by atoms with E-state index in [9.17, 15) is 14.7 Å². The standard InChI is InChI=1S/C22H19N3O3/c1-15-9-11-16(12-10-15)21(27)24-19-7-4-6-17(13-19)22(28)25-23-14-18-5-2-3-8-20(18)26/h2-14,26H,1H3,(H,24,27)(H,25,28)/b23-14+. The van der Waals surface area contributed by atoms with Gasteiger partial charge in [0.15, 0.2) is 0 Å². The molecule has 3 aromatic rings. The van der Waals surface area contributed by atoms with Crippen LogP contribution in [0.15, 0.2) is 77.9 Å². The van der Waals surface area contributed by atoms with Gasteiger partial charge in [-0.15, -0.1) is 0 Å². The number of nitrogens with one attached hydrogen (secondary N) is 2. The van der Waals surface area contributed by atoms with Crippen molar-refractivity contribution in [1.82, 2.24) is 5.43 Å². The van der Waals surface area contributed by atoms with Gasteiger partial charge in [0.2, 0.25) is 0 Å². The number of aromatic hydroxyl groups is 1. The number of benzene rings is 3. The summed E-state index contributed by atoms with van der Waals surface area (Å²) in [7, 11) is 0. The number of para-hydroxylation sites is 1. The zero-order valence-electron chi connectivity index (χ0n) is 15.2. The van der Waals surface area contributed by atoms with Crippen molar-refractivity contribution >= 4 is 23.7 Å². The average molecular weight is 373 g/mol. The number of amides is 2. The topological polar surface area (TPSA) is 90.8 Å². The van der Waals surface area contributed by atoms with Gasteiger partial charge in [-0.25, -0.2) is 5.43 Å². The highest BCUT2D eigenvalue weighted by molar-refractivity contribution is 6.05. The van der Waals surface area contributed by atoms with Gasteiger partial charge in [-0.3, -0.25) is 9.59 Å². The summed E-state index contributed by atoms with van der Waals surface area (Å²) >= 11 is 0. The molecule has 0 atom stereocenters. The molecule has 3 N–H and O–H groups in total. The van der Waals surface area contributed by atoms with Crippen LogP contribution in [-0.2, 0) is 0 Å². The van der Waals surface area contributed by atoms with Crippen molar-refractivity contribution in [2.24, 2.45) is 5.10 Å². The number of carbonyl (C=O) groups is 2. The van der Waals surface area contributed by atoms with Crippen molar-refractivity contribution in [3.8, 4) is 5.75 Å². The van der Waals surface area contributed by atoms with E-state index in [2.05, 4.69) is 15.8 Å². The van der Waals surface area contributed by atoms with Gasteiger partial charge in [-0.1, -0.05) is 35.9 Å². The minimum atomic E-state index is -0.432. The highest BCUT2D eigenvalue weighted by Gasteiger charge is 2.09. The molecule has 3 aromatic carbocycles. The third kappa shape index (κ3) is 4.82. The summed E-state index contributed by atoms with van der Waals surface area (Å²) in [6.07, 6.45) is 1.36. The van der Waals surface area contributed by atoms with Gasteiger partial charge >= 0.3 is 0 Å². The Morgan fingerprint density at radius 3 is 2.39 bits per heavy atom. The van der Waals surface area contributed by atoms with E-state index in [1.54, 1.807) is 54.6 Å². The summed E-state index contributed by atoms with van der Waals surface area (Å²) < 4.78 is 0. The van der Waals surface area contributed by atoms with Crippen LogP contribution in [0.4, 0.5) is 5.69 Å². The number of rotatable bonds is 5. The molecule has 0 spiro atoms. The van der Waals surface area contributed by atoms with E-state index in [0.29, 0.717) is 22.4 Å². The monoisotopic (exact) mass is 373 g/mol. The Kier molecular flexibility index (Phi) is 5.81. The Morgan fingerprint density at radius 1 is 0.893 bits per heavy atom. The molecule has 0 saturated carbocycles. The maximum atomic E-state index is 12.3. The molecule has 0 aliphatic rings. The SMILES string of the molecule is Cc1ccc(C(=O)Nc2cccc(C(=O)N/N=C/c3ccccc3O)c2)cc1. The van der Waals surface area contributed by atoms with Gasteiger partial charge in [0.05, 0.1) is 6.21 Å². The number of nitrogens with zero attached hydrogens (tertiary/aromatic N) is 1. The quantitative estimate of drug-likeness (QED) is 0.470. The number of phenolic OH excluding ortho intramolecular Hbond substituents is 1. The lowest BCUT2D eigenvalue weighted by atomic mass is 10.1. The summed E-state index contributed by atoms with van der Waals surface area (Å²) in [6.45, 7) is 1.95. The smallest absolute Gasteiger partial charge is 0.271 e. The number of aryl methyl sites for hydroxylation is 1. The minimum Gasteiger partial charge on any atom is -0.507 e. The van der Waals surface area contributed by atoms with E-state index >= 15 is 0 Å². The lowest BCUT2D eigenvalue weighted by Crippen LogP contribution is -2.18. The van der Waals surface area contributed by atoms with Crippen molar-refractivity contribution in [2.75, 3.05) is 5.32 Å². The van der Waals surface area contributed by atoms with Gasteiger partial charge < -0.3 is 10.4 Å². The summed E-state index contributed by atoms with van der Waals surface area (Å²) in [5.41, 5.74) is 5.34. The first-order chi connectivity index (χ1) is 13.5. The van der Waals surface area contributed by atoms with Gasteiger partial charge in [-0.2, -0.15) is 5.10 Å². The molecule has 6 nitrogen and oxygen atoms in total. The Morgan fingerprint density at radius 2 is 1.64 bits per heavy atom. The van der Waals surface area contributed by atoms with E-state index in [-0.39, 0.29) is 11.7 Å². The third-order valence-corrected chi connectivity index (χ3v) is 4.00. The van der Waals surface area contributed by atoms with E-state index in [1.165, 1.54) is 12.3 Å². The second-order valence-electron chi connectivity index (χ2n) is 6.16. The second-order valence-corrected chi connectivity index (χ2v) is 6.16. The van der Waals surface area contributed by atoms with Crippen LogP contribution in [0, 0.1) is 6.92 Å². The lowest BCUT2D eigenvalue weighted by Gasteiger charge is -2.07. The van der Waals surface area contributed by atoms with Crippen molar-refractivity contribution in [1.29, 1.82) is 0 Å². The summed E-state index contributed by atoms with van der Waals surface area (Å²) in [4.78, 5) is 24.6. The van der Waals surface area contributed by atoms with Gasteiger partial charge in [0.25, 0.3) is 11.8 Å². The number of phenols is 1. The Bertz CT molecular complexity index is 1030. The van der Waals surface area contributed by atoms with Crippen LogP contribution in [0.25, 0.3) is 0 Å². The summed E-state index contributed by atoms with van der Waals surface area (Å²) in [5, 5.41) is 16.3. The third-order valence-electron chi connectivity index (χ3n) is 4.00. The van der Waals surface area contributed by atoms with Crippen molar-refractivity contribution in [3.05, 3.63) is 95.1 Å². The van der Waals surface area contributed by atoms with Gasteiger partial charge in [-0.05, 0) is 49.4 Å². The molecule has 0 aromatic heterocycles. The molecule has 0 radical (unpaired) electrons. The molecule has 0 aliphatic carbocycles. The molecule has 140 valence electrons. The van der Waals surface area contributed by atoms with Crippen LogP contribution in [0.1, 0.15) is 31.8 Å². The number of hydrazone groups is 1. The van der Waals surface area contributed by atoms with Gasteiger partial charge in [0, 0.05) is 22.4 Å². The van der Waals surface area contributed by atoms with Crippen LogP contribution < -0.4 is 10.7 Å². The fraction of sp³-hybridized carbons (Fsp3) is 0.0455. The number of hydrogen-bond donors (Lipinski definition) is 3. The summed E-state index contributed by atoms with van der Waals surface area (Å²) in [5.74, 6) is -0.616. The van der Waals surface area contributed by atoms with E-state index in [0.717, 1.165) is 5.56 Å². The lowest BCUT2D eigenvalue weighted by molar-refractivity contribution is 0.0953. The van der Waals surface area contributed by atoms with Crippen LogP contribution >= 0.6 is 0 Å². The van der Waals surface area contributed by atoms with E-state index in [1.807, 2.05) is 19.1 Å². The molecule has 0 aliphatic heterocycles. The van der Waals surface area contributed by atoms with Crippen LogP contribution in [0.2, 0.25) is 0 Å². The first kappa shape index (κ1) is 18.8. The highest BCUT2D eigenvalue weighted by atomic mass is 16.3. The number of anilines is 1. The molecule has 3 rings (SSSR count). The Labute approximate surface area is 162 Å². The molecule has 0 fully saturated rings. The predicted octanol–water partition coefficient (Wildman–Crippen LogP) is 3.72. The maximum Gasteiger partial charge on any atom is 0.271 e. The van der Waals surface area contributed by atoms with Crippen LogP contribution in [0.5, 0.6) is 5.75 Å². The predicted molar refractivity (Wildman–Crippen MR) is 109 cm³/mol. The van der Waals surface area contributed by atoms with Crippen molar-refractivity contribution in [3.63, 3.8) is 0 Å². The zero-order valence-corrected chi connectivity index (χ0v) is 15.2. The molecule has 0 unspecified atom stereocenters. The highest BCUT2D eigenvalue weighted by Crippen LogP contribution is 2.14.